The van der Waals surface area contributed by atoms with Gasteiger partial charge in [0.15, 0.2) is 5.82 Å². The normalized spacial score (nSPS) is 11.7. The van der Waals surface area contributed by atoms with Crippen molar-refractivity contribution in [2.75, 3.05) is 0 Å². The van der Waals surface area contributed by atoms with Gasteiger partial charge >= 0.3 is 6.18 Å². The molecule has 2 aromatic rings. The van der Waals surface area contributed by atoms with E-state index in [1.807, 2.05) is 6.92 Å². The fourth-order valence-corrected chi connectivity index (χ4v) is 2.28. The summed E-state index contributed by atoms with van der Waals surface area (Å²) in [5.41, 5.74) is 0.488. The van der Waals surface area contributed by atoms with Crippen molar-refractivity contribution in [2.45, 2.75) is 19.5 Å². The summed E-state index contributed by atoms with van der Waals surface area (Å²) in [6, 6.07) is 4.67. The standard InChI is InChI=1S/C13H9BrClF3N2/c1-2-9-10(14)11(15)20-12(19-9)7-3-5-8(6-4-7)13(16,17)18/h3-6H,2H2,1H3. The predicted molar refractivity (Wildman–Crippen MR) is 74.6 cm³/mol. The third-order valence-corrected chi connectivity index (χ3v) is 4.02. The van der Waals surface area contributed by atoms with Crippen LogP contribution in [0, 0.1) is 0 Å². The second kappa shape index (κ2) is 5.69. The lowest BCUT2D eigenvalue weighted by molar-refractivity contribution is -0.137. The molecule has 1 aromatic carbocycles. The van der Waals surface area contributed by atoms with Gasteiger partial charge in [-0.3, -0.25) is 0 Å². The van der Waals surface area contributed by atoms with E-state index in [4.69, 9.17) is 11.6 Å². The smallest absolute Gasteiger partial charge is 0.232 e. The van der Waals surface area contributed by atoms with Crippen LogP contribution in [0.3, 0.4) is 0 Å². The number of alkyl halides is 3. The van der Waals surface area contributed by atoms with Crippen LogP contribution in [0.1, 0.15) is 18.2 Å². The number of hydrogen-bond acceptors (Lipinski definition) is 2. The second-order valence-electron chi connectivity index (χ2n) is 4.03. The summed E-state index contributed by atoms with van der Waals surface area (Å²) in [5.74, 6) is 0.309. The van der Waals surface area contributed by atoms with Gasteiger partial charge in [0.05, 0.1) is 15.7 Å². The Labute approximate surface area is 127 Å². The minimum absolute atomic E-state index is 0.242. The first-order chi connectivity index (χ1) is 9.32. The summed E-state index contributed by atoms with van der Waals surface area (Å²) in [4.78, 5) is 8.36. The van der Waals surface area contributed by atoms with E-state index < -0.39 is 11.7 Å². The fourth-order valence-electron chi connectivity index (χ4n) is 1.63. The first kappa shape index (κ1) is 15.3. The van der Waals surface area contributed by atoms with Crippen molar-refractivity contribution in [3.05, 3.63) is 45.1 Å². The highest BCUT2D eigenvalue weighted by molar-refractivity contribution is 9.10. The maximum absolute atomic E-state index is 12.5. The lowest BCUT2D eigenvalue weighted by Crippen LogP contribution is -2.04. The first-order valence-corrected chi connectivity index (χ1v) is 6.89. The van der Waals surface area contributed by atoms with Gasteiger partial charge in [0.25, 0.3) is 0 Å². The predicted octanol–water partition coefficient (Wildman–Crippen LogP) is 5.14. The Kier molecular flexibility index (Phi) is 4.34. The molecule has 0 amide bonds. The molecule has 0 aliphatic rings. The van der Waals surface area contributed by atoms with Crippen LogP contribution in [0.15, 0.2) is 28.7 Å². The van der Waals surface area contributed by atoms with E-state index in [0.717, 1.165) is 12.1 Å². The van der Waals surface area contributed by atoms with Crippen molar-refractivity contribution in [1.29, 1.82) is 0 Å². The molecule has 0 aliphatic carbocycles. The van der Waals surface area contributed by atoms with Gasteiger partial charge in [-0.1, -0.05) is 30.7 Å². The number of aryl methyl sites for hydroxylation is 1. The summed E-state index contributed by atoms with van der Waals surface area (Å²) < 4.78 is 38.1. The molecule has 0 saturated carbocycles. The average Bonchev–Trinajstić information content (AvgIpc) is 2.41. The summed E-state index contributed by atoms with van der Waals surface area (Å²) in [5, 5.41) is 0.242. The van der Waals surface area contributed by atoms with E-state index in [-0.39, 0.29) is 5.15 Å². The quantitative estimate of drug-likeness (QED) is 0.689. The SMILES string of the molecule is CCc1nc(-c2ccc(C(F)(F)F)cc2)nc(Cl)c1Br. The highest BCUT2D eigenvalue weighted by Crippen LogP contribution is 2.31. The van der Waals surface area contributed by atoms with E-state index in [2.05, 4.69) is 25.9 Å². The molecular weight excluding hydrogens is 357 g/mol. The number of halogens is 5. The average molecular weight is 366 g/mol. The Hall–Kier alpha value is -1.14. The van der Waals surface area contributed by atoms with Crippen LogP contribution in [0.2, 0.25) is 5.15 Å². The van der Waals surface area contributed by atoms with Gasteiger partial charge in [0, 0.05) is 5.56 Å². The Bertz CT molecular complexity index is 627. The third-order valence-electron chi connectivity index (χ3n) is 2.68. The zero-order valence-corrected chi connectivity index (χ0v) is 12.6. The van der Waals surface area contributed by atoms with Crippen molar-refractivity contribution in [3.63, 3.8) is 0 Å². The highest BCUT2D eigenvalue weighted by atomic mass is 79.9. The topological polar surface area (TPSA) is 25.8 Å². The molecule has 0 radical (unpaired) electrons. The number of benzene rings is 1. The molecule has 0 N–H and O–H groups in total. The van der Waals surface area contributed by atoms with Gasteiger partial charge in [-0.15, -0.1) is 0 Å². The van der Waals surface area contributed by atoms with Crippen LogP contribution in [0.25, 0.3) is 11.4 Å². The number of nitrogens with zero attached hydrogens (tertiary/aromatic N) is 2. The molecule has 7 heteroatoms. The van der Waals surface area contributed by atoms with Crippen molar-refractivity contribution in [3.8, 4) is 11.4 Å². The first-order valence-electron chi connectivity index (χ1n) is 5.72. The number of rotatable bonds is 2. The van der Waals surface area contributed by atoms with Crippen molar-refractivity contribution >= 4 is 27.5 Å². The van der Waals surface area contributed by atoms with Crippen molar-refractivity contribution in [1.82, 2.24) is 9.97 Å². The van der Waals surface area contributed by atoms with Crippen LogP contribution in [0.5, 0.6) is 0 Å². The number of aromatic nitrogens is 2. The third kappa shape index (κ3) is 3.12. The Morgan fingerprint density at radius 2 is 1.75 bits per heavy atom. The van der Waals surface area contributed by atoms with E-state index in [0.29, 0.717) is 28.0 Å². The lowest BCUT2D eigenvalue weighted by Gasteiger charge is -2.09. The van der Waals surface area contributed by atoms with Gasteiger partial charge in [0.2, 0.25) is 0 Å². The van der Waals surface area contributed by atoms with Crippen LogP contribution in [0.4, 0.5) is 13.2 Å². The van der Waals surface area contributed by atoms with E-state index >= 15 is 0 Å². The minimum atomic E-state index is -4.36. The van der Waals surface area contributed by atoms with Crippen LogP contribution in [-0.2, 0) is 12.6 Å². The Morgan fingerprint density at radius 1 is 1.15 bits per heavy atom. The van der Waals surface area contributed by atoms with E-state index in [1.54, 1.807) is 0 Å². The largest absolute Gasteiger partial charge is 0.416 e. The molecule has 0 aliphatic heterocycles. The summed E-state index contributed by atoms with van der Waals surface area (Å²) in [6.45, 7) is 1.90. The van der Waals surface area contributed by atoms with Gasteiger partial charge < -0.3 is 0 Å². The Balaban J connectivity index is 2.44. The zero-order valence-electron chi connectivity index (χ0n) is 10.3. The van der Waals surface area contributed by atoms with Gasteiger partial charge in [-0.25, -0.2) is 9.97 Å². The molecular formula is C13H9BrClF3N2. The van der Waals surface area contributed by atoms with Crippen LogP contribution >= 0.6 is 27.5 Å². The van der Waals surface area contributed by atoms with Gasteiger partial charge in [0.1, 0.15) is 5.15 Å². The van der Waals surface area contributed by atoms with Crippen LogP contribution < -0.4 is 0 Å². The summed E-state index contributed by atoms with van der Waals surface area (Å²) >= 11 is 9.25. The molecule has 0 saturated heterocycles. The molecule has 2 rings (SSSR count). The monoisotopic (exact) mass is 364 g/mol. The molecule has 2 nitrogen and oxygen atoms in total. The second-order valence-corrected chi connectivity index (χ2v) is 5.18. The van der Waals surface area contributed by atoms with Gasteiger partial charge in [-0.05, 0) is 34.5 Å². The maximum Gasteiger partial charge on any atom is 0.416 e. The minimum Gasteiger partial charge on any atom is -0.232 e. The summed E-state index contributed by atoms with van der Waals surface area (Å²) in [7, 11) is 0. The molecule has 0 unspecified atom stereocenters. The highest BCUT2D eigenvalue weighted by Gasteiger charge is 2.30. The molecule has 1 aromatic heterocycles. The van der Waals surface area contributed by atoms with E-state index in [9.17, 15) is 13.2 Å². The van der Waals surface area contributed by atoms with Crippen LogP contribution in [-0.4, -0.2) is 9.97 Å². The molecule has 106 valence electrons. The molecule has 1 heterocycles. The van der Waals surface area contributed by atoms with Crippen molar-refractivity contribution < 1.29 is 13.2 Å². The molecule has 0 fully saturated rings. The zero-order chi connectivity index (χ0) is 14.9. The molecule has 0 spiro atoms. The fraction of sp³-hybridized carbons (Fsp3) is 0.231. The van der Waals surface area contributed by atoms with E-state index in [1.165, 1.54) is 12.1 Å². The van der Waals surface area contributed by atoms with Gasteiger partial charge in [-0.2, -0.15) is 13.2 Å². The van der Waals surface area contributed by atoms with Crippen molar-refractivity contribution in [2.24, 2.45) is 0 Å². The Morgan fingerprint density at radius 3 is 2.25 bits per heavy atom. The molecule has 0 bridgehead atoms. The molecule has 20 heavy (non-hydrogen) atoms. The molecule has 0 atom stereocenters. The maximum atomic E-state index is 12.5. The lowest BCUT2D eigenvalue weighted by atomic mass is 10.1. The summed E-state index contributed by atoms with van der Waals surface area (Å²) in [6.07, 6.45) is -3.72. The number of hydrogen-bond donors (Lipinski definition) is 0.